The summed E-state index contributed by atoms with van der Waals surface area (Å²) >= 11 is 0. The Morgan fingerprint density at radius 3 is 2.33 bits per heavy atom. The minimum absolute atomic E-state index is 0.151. The lowest BCUT2D eigenvalue weighted by Gasteiger charge is -2.16. The Kier molecular flexibility index (Phi) is 6.06. The molecule has 2 atom stereocenters. The van der Waals surface area contributed by atoms with E-state index in [2.05, 4.69) is 4.98 Å². The molecule has 3 aromatic rings. The van der Waals surface area contributed by atoms with Crippen LogP contribution in [0.3, 0.4) is 0 Å². The summed E-state index contributed by atoms with van der Waals surface area (Å²) in [5, 5.41) is 18.9. The monoisotopic (exact) mass is 430 g/mol. The van der Waals surface area contributed by atoms with E-state index in [0.717, 1.165) is 30.5 Å². The van der Waals surface area contributed by atoms with Gasteiger partial charge in [-0.1, -0.05) is 12.1 Å². The molecule has 1 unspecified atom stereocenters. The number of aliphatic hydroxyl groups excluding tert-OH is 2. The summed E-state index contributed by atoms with van der Waals surface area (Å²) in [5.41, 5.74) is 3.93. The van der Waals surface area contributed by atoms with Crippen molar-refractivity contribution in [3.63, 3.8) is 0 Å². The molecule has 6 nitrogen and oxygen atoms in total. The number of hydrogen-bond donors (Lipinski definition) is 3. The molecule has 0 aliphatic rings. The van der Waals surface area contributed by atoms with Gasteiger partial charge in [-0.05, 0) is 24.3 Å². The third-order valence-corrected chi connectivity index (χ3v) is 4.13. The first-order valence-electron chi connectivity index (χ1n) is 8.44. The number of ether oxygens (including phenoxy) is 1. The Morgan fingerprint density at radius 1 is 1.10 bits per heavy atom. The second-order valence-corrected chi connectivity index (χ2v) is 6.15. The van der Waals surface area contributed by atoms with E-state index in [1.807, 2.05) is 0 Å². The average Bonchev–Trinajstić information content (AvgIpc) is 3.17. The van der Waals surface area contributed by atoms with Gasteiger partial charge in [0.25, 0.3) is 0 Å². The van der Waals surface area contributed by atoms with Gasteiger partial charge in [-0.2, -0.15) is 13.2 Å². The minimum atomic E-state index is -4.49. The maximum Gasteiger partial charge on any atom is 0.416 e. The number of aromatic nitrogens is 1. The van der Waals surface area contributed by atoms with Gasteiger partial charge >= 0.3 is 6.18 Å². The maximum absolute atomic E-state index is 14.4. The number of nitrogens with zero attached hydrogens (tertiary/aromatic N) is 1. The van der Waals surface area contributed by atoms with Gasteiger partial charge in [-0.15, -0.1) is 0 Å². The fourth-order valence-electron chi connectivity index (χ4n) is 2.63. The zero-order valence-corrected chi connectivity index (χ0v) is 15.0. The van der Waals surface area contributed by atoms with E-state index in [1.54, 1.807) is 0 Å². The van der Waals surface area contributed by atoms with Crippen LogP contribution in [-0.4, -0.2) is 21.8 Å². The highest BCUT2D eigenvalue weighted by atomic mass is 19.4. The molecule has 0 saturated carbocycles. The van der Waals surface area contributed by atoms with E-state index in [-0.39, 0.29) is 11.6 Å². The van der Waals surface area contributed by atoms with Crippen molar-refractivity contribution in [3.05, 3.63) is 71.3 Å². The van der Waals surface area contributed by atoms with Gasteiger partial charge in [-0.25, -0.2) is 13.8 Å². The molecule has 1 heterocycles. The van der Waals surface area contributed by atoms with Gasteiger partial charge in [0.2, 0.25) is 5.89 Å². The van der Waals surface area contributed by atoms with Gasteiger partial charge < -0.3 is 25.1 Å². The summed E-state index contributed by atoms with van der Waals surface area (Å²) in [4.78, 5) is 4.04. The van der Waals surface area contributed by atoms with E-state index >= 15 is 0 Å². The molecule has 0 saturated heterocycles. The molecule has 0 aliphatic heterocycles. The molecule has 160 valence electrons. The van der Waals surface area contributed by atoms with Gasteiger partial charge in [0.1, 0.15) is 24.0 Å². The first-order valence-corrected chi connectivity index (χ1v) is 8.44. The molecule has 0 radical (unpaired) electrons. The SMILES string of the molecule is NC(O)c1c(F)ccc(O[C@H](CO)c2nc(-c3ccc(C(F)(F)F)cc3)co2)c1F. The highest BCUT2D eigenvalue weighted by molar-refractivity contribution is 5.58. The smallest absolute Gasteiger partial charge is 0.416 e. The highest BCUT2D eigenvalue weighted by Crippen LogP contribution is 2.32. The lowest BCUT2D eigenvalue weighted by atomic mass is 10.1. The van der Waals surface area contributed by atoms with Crippen LogP contribution in [0.1, 0.15) is 29.3 Å². The second kappa shape index (κ2) is 8.38. The van der Waals surface area contributed by atoms with Crippen LogP contribution in [0.4, 0.5) is 22.0 Å². The first-order chi connectivity index (χ1) is 14.1. The number of nitrogens with two attached hydrogens (primary N) is 1. The van der Waals surface area contributed by atoms with Crippen LogP contribution in [0.2, 0.25) is 0 Å². The molecule has 3 rings (SSSR count). The number of alkyl halides is 3. The average molecular weight is 430 g/mol. The first kappa shape index (κ1) is 21.7. The van der Waals surface area contributed by atoms with Crippen LogP contribution >= 0.6 is 0 Å². The maximum atomic E-state index is 14.4. The largest absolute Gasteiger partial charge is 0.475 e. The Bertz CT molecular complexity index is 1020. The molecule has 4 N–H and O–H groups in total. The van der Waals surface area contributed by atoms with Crippen molar-refractivity contribution >= 4 is 0 Å². The molecule has 0 bridgehead atoms. The van der Waals surface area contributed by atoms with Gasteiger partial charge in [0.05, 0.1) is 17.7 Å². The lowest BCUT2D eigenvalue weighted by molar-refractivity contribution is -0.137. The predicted molar refractivity (Wildman–Crippen MR) is 92.9 cm³/mol. The van der Waals surface area contributed by atoms with Crippen LogP contribution in [0.25, 0.3) is 11.3 Å². The number of benzene rings is 2. The highest BCUT2D eigenvalue weighted by Gasteiger charge is 2.30. The summed E-state index contributed by atoms with van der Waals surface area (Å²) < 4.78 is 76.5. The Balaban J connectivity index is 1.84. The molecule has 2 aromatic carbocycles. The van der Waals surface area contributed by atoms with E-state index in [1.165, 1.54) is 12.1 Å². The van der Waals surface area contributed by atoms with E-state index in [9.17, 15) is 32.2 Å². The van der Waals surface area contributed by atoms with Crippen LogP contribution in [-0.2, 0) is 6.18 Å². The third kappa shape index (κ3) is 4.42. The summed E-state index contributed by atoms with van der Waals surface area (Å²) in [7, 11) is 0. The van der Waals surface area contributed by atoms with Gasteiger partial charge in [0.15, 0.2) is 17.7 Å². The van der Waals surface area contributed by atoms with E-state index in [0.29, 0.717) is 5.56 Å². The standard InChI is InChI=1S/C19H15F5N2O4/c20-11-5-6-13(16(21)15(11)17(25)28)30-14(7-27)18-26-12(8-29-18)9-1-3-10(4-2-9)19(22,23)24/h1-6,8,14,17,27-28H,7,25H2/t14-,17?/m1/s1. The fraction of sp³-hybridized carbons (Fsp3) is 0.211. The molecule has 0 fully saturated rings. The van der Waals surface area contributed by atoms with Crippen LogP contribution < -0.4 is 10.5 Å². The number of aliphatic hydroxyl groups is 2. The Morgan fingerprint density at radius 2 is 1.77 bits per heavy atom. The molecular weight excluding hydrogens is 415 g/mol. The normalized spacial score (nSPS) is 13.9. The van der Waals surface area contributed by atoms with Crippen LogP contribution in [0.15, 0.2) is 47.1 Å². The van der Waals surface area contributed by atoms with Crippen molar-refractivity contribution in [2.24, 2.45) is 5.73 Å². The van der Waals surface area contributed by atoms with Gasteiger partial charge in [-0.3, -0.25) is 0 Å². The molecule has 11 heteroatoms. The number of halogens is 5. The molecular formula is C19H15F5N2O4. The third-order valence-electron chi connectivity index (χ3n) is 4.13. The fourth-order valence-corrected chi connectivity index (χ4v) is 2.63. The summed E-state index contributed by atoms with van der Waals surface area (Å²) in [6.45, 7) is -0.718. The molecule has 0 aliphatic carbocycles. The molecule has 0 amide bonds. The van der Waals surface area contributed by atoms with Crippen molar-refractivity contribution < 1.29 is 41.3 Å². The second-order valence-electron chi connectivity index (χ2n) is 6.15. The van der Waals surface area contributed by atoms with Crippen molar-refractivity contribution in [3.8, 4) is 17.0 Å². The quantitative estimate of drug-likeness (QED) is 0.407. The predicted octanol–water partition coefficient (Wildman–Crippen LogP) is 3.70. The summed E-state index contributed by atoms with van der Waals surface area (Å²) in [6, 6.07) is 5.87. The summed E-state index contributed by atoms with van der Waals surface area (Å²) in [5.74, 6) is -3.08. The number of rotatable bonds is 6. The molecule has 30 heavy (non-hydrogen) atoms. The zero-order chi connectivity index (χ0) is 22.1. The lowest BCUT2D eigenvalue weighted by Crippen LogP contribution is -2.17. The van der Waals surface area contributed by atoms with Gasteiger partial charge in [0, 0.05) is 5.56 Å². The number of oxazole rings is 1. The van der Waals surface area contributed by atoms with Crippen LogP contribution in [0, 0.1) is 11.6 Å². The number of hydrogen-bond acceptors (Lipinski definition) is 6. The molecule has 1 aromatic heterocycles. The summed E-state index contributed by atoms with van der Waals surface area (Å²) in [6.07, 6.45) is -6.62. The van der Waals surface area contributed by atoms with E-state index in [4.69, 9.17) is 14.9 Å². The van der Waals surface area contributed by atoms with Crippen molar-refractivity contribution in [1.29, 1.82) is 0 Å². The Labute approximate surface area is 166 Å². The minimum Gasteiger partial charge on any atom is -0.475 e. The molecule has 0 spiro atoms. The van der Waals surface area contributed by atoms with E-state index < -0.39 is 53.6 Å². The topological polar surface area (TPSA) is 102 Å². The zero-order valence-electron chi connectivity index (χ0n) is 15.0. The van der Waals surface area contributed by atoms with Crippen LogP contribution in [0.5, 0.6) is 5.75 Å². The van der Waals surface area contributed by atoms with Crippen molar-refractivity contribution in [2.75, 3.05) is 6.61 Å². The van der Waals surface area contributed by atoms with Crippen molar-refractivity contribution in [2.45, 2.75) is 18.5 Å². The van der Waals surface area contributed by atoms with Crippen molar-refractivity contribution in [1.82, 2.24) is 4.98 Å². The Hall–Kier alpha value is -3.02.